The minimum absolute atomic E-state index is 0.0397. The first-order chi connectivity index (χ1) is 11.6. The average Bonchev–Trinajstić information content (AvgIpc) is 3.22. The number of hydrogen-bond donors (Lipinski definition) is 1. The van der Waals surface area contributed by atoms with E-state index in [2.05, 4.69) is 12.2 Å². The number of thiophene rings is 1. The van der Waals surface area contributed by atoms with Gasteiger partial charge in [-0.15, -0.1) is 11.3 Å². The molecule has 2 aromatic rings. The van der Waals surface area contributed by atoms with Gasteiger partial charge in [-0.05, 0) is 29.0 Å². The summed E-state index contributed by atoms with van der Waals surface area (Å²) in [6, 6.07) is 11.1. The van der Waals surface area contributed by atoms with E-state index < -0.39 is 6.04 Å². The van der Waals surface area contributed by atoms with Crippen LogP contribution in [0, 0.1) is 5.92 Å². The number of fused-ring (bicyclic) bond motifs is 1. The maximum Gasteiger partial charge on any atom is 0.255 e. The van der Waals surface area contributed by atoms with Crippen molar-refractivity contribution in [2.45, 2.75) is 39.4 Å². The Morgan fingerprint density at radius 2 is 2.08 bits per heavy atom. The second-order valence-corrected chi connectivity index (χ2v) is 7.25. The normalized spacial score (nSPS) is 15.9. The Kier molecular flexibility index (Phi) is 5.00. The maximum absolute atomic E-state index is 12.8. The van der Waals surface area contributed by atoms with E-state index in [0.29, 0.717) is 13.1 Å². The number of rotatable bonds is 6. The standard InChI is InChI=1S/C19H22N2O2S/c1-3-13(2)17(18(22)20-11-15-8-6-10-24-15)21-12-14-7-4-5-9-16(14)19(21)23/h4-10,13,17H,3,11-12H2,1-2H3,(H,20,22)/t13?,17-/m0/s1. The molecule has 0 saturated carbocycles. The van der Waals surface area contributed by atoms with Crippen LogP contribution in [0.15, 0.2) is 41.8 Å². The summed E-state index contributed by atoms with van der Waals surface area (Å²) in [4.78, 5) is 28.4. The topological polar surface area (TPSA) is 49.4 Å². The van der Waals surface area contributed by atoms with Crippen molar-refractivity contribution in [2.24, 2.45) is 5.92 Å². The van der Waals surface area contributed by atoms with Gasteiger partial charge in [0, 0.05) is 17.0 Å². The Hall–Kier alpha value is -2.14. The highest BCUT2D eigenvalue weighted by Crippen LogP contribution is 2.28. The molecule has 0 spiro atoms. The van der Waals surface area contributed by atoms with Gasteiger partial charge in [0.05, 0.1) is 6.54 Å². The molecule has 0 fully saturated rings. The van der Waals surface area contributed by atoms with Crippen molar-refractivity contribution < 1.29 is 9.59 Å². The van der Waals surface area contributed by atoms with Gasteiger partial charge in [0.25, 0.3) is 5.91 Å². The van der Waals surface area contributed by atoms with E-state index in [1.165, 1.54) is 0 Å². The molecule has 4 nitrogen and oxygen atoms in total. The third-order valence-corrected chi connectivity index (χ3v) is 5.53. The van der Waals surface area contributed by atoms with Crippen molar-refractivity contribution in [2.75, 3.05) is 0 Å². The van der Waals surface area contributed by atoms with Crippen LogP contribution in [-0.2, 0) is 17.9 Å². The SMILES string of the molecule is CCC(C)[C@@H](C(=O)NCc1cccs1)N1Cc2ccccc2C1=O. The molecule has 2 heterocycles. The summed E-state index contributed by atoms with van der Waals surface area (Å²) in [6.07, 6.45) is 0.844. The Bertz CT molecular complexity index is 727. The Morgan fingerprint density at radius 3 is 2.75 bits per heavy atom. The summed E-state index contributed by atoms with van der Waals surface area (Å²) < 4.78 is 0. The molecule has 1 aliphatic rings. The highest BCUT2D eigenvalue weighted by molar-refractivity contribution is 7.09. The van der Waals surface area contributed by atoms with E-state index in [1.807, 2.05) is 48.7 Å². The smallest absolute Gasteiger partial charge is 0.255 e. The van der Waals surface area contributed by atoms with Gasteiger partial charge >= 0.3 is 0 Å². The van der Waals surface area contributed by atoms with Crippen LogP contribution in [0.3, 0.4) is 0 Å². The van der Waals surface area contributed by atoms with E-state index in [9.17, 15) is 9.59 Å². The van der Waals surface area contributed by atoms with Crippen LogP contribution in [0.25, 0.3) is 0 Å². The molecule has 0 aliphatic carbocycles. The Balaban J connectivity index is 1.77. The van der Waals surface area contributed by atoms with Crippen LogP contribution in [-0.4, -0.2) is 22.8 Å². The monoisotopic (exact) mass is 342 g/mol. The fourth-order valence-corrected chi connectivity index (χ4v) is 3.77. The van der Waals surface area contributed by atoms with Crippen LogP contribution in [0.1, 0.15) is 41.1 Å². The fourth-order valence-electron chi connectivity index (χ4n) is 3.12. The summed E-state index contributed by atoms with van der Waals surface area (Å²) in [5.41, 5.74) is 1.72. The zero-order valence-corrected chi connectivity index (χ0v) is 14.8. The van der Waals surface area contributed by atoms with E-state index in [-0.39, 0.29) is 17.7 Å². The third-order valence-electron chi connectivity index (χ3n) is 4.65. The van der Waals surface area contributed by atoms with Crippen molar-refractivity contribution in [3.8, 4) is 0 Å². The van der Waals surface area contributed by atoms with Crippen molar-refractivity contribution in [1.29, 1.82) is 0 Å². The molecule has 3 rings (SSSR count). The predicted molar refractivity (Wildman–Crippen MR) is 95.7 cm³/mol. The Labute approximate surface area is 146 Å². The molecule has 0 radical (unpaired) electrons. The third kappa shape index (κ3) is 3.22. The summed E-state index contributed by atoms with van der Waals surface area (Å²) in [5.74, 6) is -0.00678. The number of hydrogen-bond acceptors (Lipinski definition) is 3. The molecule has 0 bridgehead atoms. The van der Waals surface area contributed by atoms with Crippen LogP contribution in [0.4, 0.5) is 0 Å². The lowest BCUT2D eigenvalue weighted by Crippen LogP contribution is -2.50. The average molecular weight is 342 g/mol. The Morgan fingerprint density at radius 1 is 1.29 bits per heavy atom. The molecule has 1 aliphatic heterocycles. The first-order valence-electron chi connectivity index (χ1n) is 8.30. The summed E-state index contributed by atoms with van der Waals surface area (Å²) in [7, 11) is 0. The summed E-state index contributed by atoms with van der Waals surface area (Å²) in [6.45, 7) is 5.11. The van der Waals surface area contributed by atoms with Gasteiger partial charge in [-0.2, -0.15) is 0 Å². The van der Waals surface area contributed by atoms with E-state index >= 15 is 0 Å². The van der Waals surface area contributed by atoms with Crippen molar-refractivity contribution >= 4 is 23.2 Å². The molecule has 1 N–H and O–H groups in total. The van der Waals surface area contributed by atoms with E-state index in [0.717, 1.165) is 22.4 Å². The lowest BCUT2D eigenvalue weighted by molar-refractivity contribution is -0.127. The minimum atomic E-state index is -0.435. The zero-order valence-electron chi connectivity index (χ0n) is 14.0. The lowest BCUT2D eigenvalue weighted by Gasteiger charge is -2.31. The molecule has 1 unspecified atom stereocenters. The van der Waals surface area contributed by atoms with Crippen LogP contribution < -0.4 is 5.32 Å². The molecular weight excluding hydrogens is 320 g/mol. The minimum Gasteiger partial charge on any atom is -0.349 e. The van der Waals surface area contributed by atoms with E-state index in [4.69, 9.17) is 0 Å². The van der Waals surface area contributed by atoms with Crippen molar-refractivity contribution in [3.05, 3.63) is 57.8 Å². The summed E-state index contributed by atoms with van der Waals surface area (Å²) >= 11 is 1.62. The molecule has 2 amide bonds. The van der Waals surface area contributed by atoms with Gasteiger partial charge < -0.3 is 10.2 Å². The van der Waals surface area contributed by atoms with Gasteiger partial charge in [-0.1, -0.05) is 44.5 Å². The van der Waals surface area contributed by atoms with Gasteiger partial charge in [-0.25, -0.2) is 0 Å². The number of nitrogens with one attached hydrogen (secondary N) is 1. The van der Waals surface area contributed by atoms with Gasteiger partial charge in [-0.3, -0.25) is 9.59 Å². The number of amides is 2. The number of benzene rings is 1. The quantitative estimate of drug-likeness (QED) is 0.874. The van der Waals surface area contributed by atoms with Crippen LogP contribution in [0.2, 0.25) is 0 Å². The first kappa shape index (κ1) is 16.7. The van der Waals surface area contributed by atoms with Gasteiger partial charge in [0.15, 0.2) is 0 Å². The highest BCUT2D eigenvalue weighted by Gasteiger charge is 2.38. The molecular formula is C19H22N2O2S. The molecule has 1 aromatic heterocycles. The molecule has 1 aromatic carbocycles. The molecule has 2 atom stereocenters. The van der Waals surface area contributed by atoms with Crippen LogP contribution >= 0.6 is 11.3 Å². The van der Waals surface area contributed by atoms with E-state index in [1.54, 1.807) is 16.2 Å². The second-order valence-electron chi connectivity index (χ2n) is 6.22. The zero-order chi connectivity index (χ0) is 17.1. The van der Waals surface area contributed by atoms with Crippen molar-refractivity contribution in [3.63, 3.8) is 0 Å². The number of carbonyl (C=O) groups is 2. The largest absolute Gasteiger partial charge is 0.349 e. The predicted octanol–water partition coefficient (Wildman–Crippen LogP) is 3.44. The summed E-state index contributed by atoms with van der Waals surface area (Å²) in [5, 5.41) is 5.00. The van der Waals surface area contributed by atoms with Crippen LogP contribution in [0.5, 0.6) is 0 Å². The second kappa shape index (κ2) is 7.18. The fraction of sp³-hybridized carbons (Fsp3) is 0.368. The number of nitrogens with zero attached hydrogens (tertiary/aromatic N) is 1. The van der Waals surface area contributed by atoms with Gasteiger partial charge in [0.1, 0.15) is 6.04 Å². The molecule has 0 saturated heterocycles. The highest BCUT2D eigenvalue weighted by atomic mass is 32.1. The van der Waals surface area contributed by atoms with Crippen molar-refractivity contribution in [1.82, 2.24) is 10.2 Å². The maximum atomic E-state index is 12.8. The molecule has 5 heteroatoms. The lowest BCUT2D eigenvalue weighted by atomic mass is 9.96. The molecule has 24 heavy (non-hydrogen) atoms. The first-order valence-corrected chi connectivity index (χ1v) is 9.18. The molecule has 126 valence electrons. The number of carbonyl (C=O) groups excluding carboxylic acids is 2. The van der Waals surface area contributed by atoms with Gasteiger partial charge in [0.2, 0.25) is 5.91 Å².